The number of aliphatic hydroxyl groups excluding tert-OH is 1. The van der Waals surface area contributed by atoms with Gasteiger partial charge in [-0.2, -0.15) is 0 Å². The molecular formula is C16H24ClNO3. The molecule has 0 unspecified atom stereocenters. The summed E-state index contributed by atoms with van der Waals surface area (Å²) in [5, 5.41) is 10.8. The standard InChI is InChI=1S/C16H24ClNO3/c1-12-3-4-15(17)16(9-12)21-11-14(19)10-18-6-8-20-7-5-13(18)2/h3-4,9,13-14,19H,5-8,10-11H2,1-2H3/t13-,14+/m1/s1. The van der Waals surface area contributed by atoms with Crippen molar-refractivity contribution < 1.29 is 14.6 Å². The number of nitrogens with zero attached hydrogens (tertiary/aromatic N) is 1. The Balaban J connectivity index is 1.83. The van der Waals surface area contributed by atoms with Gasteiger partial charge in [-0.25, -0.2) is 0 Å². The number of ether oxygens (including phenoxy) is 2. The Hall–Kier alpha value is -0.810. The van der Waals surface area contributed by atoms with E-state index >= 15 is 0 Å². The fourth-order valence-corrected chi connectivity index (χ4v) is 2.61. The van der Waals surface area contributed by atoms with Crippen LogP contribution in [0.3, 0.4) is 0 Å². The maximum Gasteiger partial charge on any atom is 0.138 e. The van der Waals surface area contributed by atoms with Gasteiger partial charge in [0.05, 0.1) is 11.6 Å². The van der Waals surface area contributed by atoms with Crippen LogP contribution < -0.4 is 4.74 Å². The lowest BCUT2D eigenvalue weighted by atomic mass is 10.2. The van der Waals surface area contributed by atoms with Gasteiger partial charge in [0.25, 0.3) is 0 Å². The molecule has 118 valence electrons. The Bertz CT molecular complexity index is 455. The Morgan fingerprint density at radius 3 is 3.10 bits per heavy atom. The minimum Gasteiger partial charge on any atom is -0.489 e. The second-order valence-corrected chi connectivity index (χ2v) is 6.05. The van der Waals surface area contributed by atoms with E-state index in [1.54, 1.807) is 0 Å². The summed E-state index contributed by atoms with van der Waals surface area (Å²) in [6, 6.07) is 6.05. The highest BCUT2D eigenvalue weighted by Crippen LogP contribution is 2.25. The third-order valence-corrected chi connectivity index (χ3v) is 4.10. The van der Waals surface area contributed by atoms with Crippen LogP contribution in [0.2, 0.25) is 5.02 Å². The molecule has 2 rings (SSSR count). The van der Waals surface area contributed by atoms with E-state index < -0.39 is 6.10 Å². The van der Waals surface area contributed by atoms with Crippen LogP contribution in [0.1, 0.15) is 18.9 Å². The van der Waals surface area contributed by atoms with Crippen molar-refractivity contribution in [2.24, 2.45) is 0 Å². The first-order valence-electron chi connectivity index (χ1n) is 7.45. The number of benzene rings is 1. The third kappa shape index (κ3) is 5.15. The van der Waals surface area contributed by atoms with Crippen molar-refractivity contribution >= 4 is 11.6 Å². The fourth-order valence-electron chi connectivity index (χ4n) is 2.44. The fraction of sp³-hybridized carbons (Fsp3) is 0.625. The average Bonchev–Trinajstić information content (AvgIpc) is 2.65. The SMILES string of the molecule is Cc1ccc(Cl)c(OC[C@@H](O)CN2CCOCC[C@H]2C)c1. The summed E-state index contributed by atoms with van der Waals surface area (Å²) >= 11 is 6.08. The van der Waals surface area contributed by atoms with E-state index in [0.717, 1.165) is 31.7 Å². The molecule has 0 aromatic heterocycles. The van der Waals surface area contributed by atoms with Crippen molar-refractivity contribution in [2.45, 2.75) is 32.4 Å². The smallest absolute Gasteiger partial charge is 0.138 e. The molecule has 0 saturated carbocycles. The van der Waals surface area contributed by atoms with Gasteiger partial charge in [-0.15, -0.1) is 0 Å². The first-order valence-corrected chi connectivity index (χ1v) is 7.83. The summed E-state index contributed by atoms with van der Waals surface area (Å²) in [7, 11) is 0. The number of hydrogen-bond donors (Lipinski definition) is 1. The molecule has 21 heavy (non-hydrogen) atoms. The average molecular weight is 314 g/mol. The highest BCUT2D eigenvalue weighted by Gasteiger charge is 2.20. The summed E-state index contributed by atoms with van der Waals surface area (Å²) in [6.07, 6.45) is 0.458. The van der Waals surface area contributed by atoms with Crippen LogP contribution in [0.15, 0.2) is 18.2 Å². The molecule has 1 aromatic carbocycles. The van der Waals surface area contributed by atoms with E-state index in [-0.39, 0.29) is 6.61 Å². The molecule has 1 aliphatic heterocycles. The van der Waals surface area contributed by atoms with Gasteiger partial charge in [0, 0.05) is 25.7 Å². The molecule has 0 spiro atoms. The molecule has 1 heterocycles. The van der Waals surface area contributed by atoms with E-state index in [1.807, 2.05) is 25.1 Å². The van der Waals surface area contributed by atoms with Gasteiger partial charge >= 0.3 is 0 Å². The molecule has 0 aliphatic carbocycles. The van der Waals surface area contributed by atoms with Crippen LogP contribution in [-0.4, -0.2) is 55.1 Å². The summed E-state index contributed by atoms with van der Waals surface area (Å²) < 4.78 is 11.1. The lowest BCUT2D eigenvalue weighted by molar-refractivity contribution is 0.0544. The number of β-amino-alcohol motifs (C(OH)–C–C–N with tert-alkyl or cyclic N) is 1. The summed E-state index contributed by atoms with van der Waals surface area (Å²) in [5.74, 6) is 0.628. The van der Waals surface area contributed by atoms with Crippen molar-refractivity contribution in [3.05, 3.63) is 28.8 Å². The number of aryl methyl sites for hydroxylation is 1. The Morgan fingerprint density at radius 2 is 2.29 bits per heavy atom. The topological polar surface area (TPSA) is 41.9 Å². The predicted octanol–water partition coefficient (Wildman–Crippen LogP) is 2.50. The molecule has 1 fully saturated rings. The molecule has 0 bridgehead atoms. The number of rotatable bonds is 5. The Morgan fingerprint density at radius 1 is 1.48 bits per heavy atom. The zero-order valence-electron chi connectivity index (χ0n) is 12.7. The van der Waals surface area contributed by atoms with Crippen molar-refractivity contribution in [3.63, 3.8) is 0 Å². The second kappa shape index (κ2) is 7.99. The van der Waals surface area contributed by atoms with E-state index in [4.69, 9.17) is 21.1 Å². The van der Waals surface area contributed by atoms with E-state index in [9.17, 15) is 5.11 Å². The van der Waals surface area contributed by atoms with Gasteiger partial charge in [0.2, 0.25) is 0 Å². The molecule has 1 saturated heterocycles. The zero-order chi connectivity index (χ0) is 15.2. The summed E-state index contributed by atoms with van der Waals surface area (Å²) in [4.78, 5) is 2.25. The van der Waals surface area contributed by atoms with Gasteiger partial charge in [-0.1, -0.05) is 17.7 Å². The maximum atomic E-state index is 10.2. The predicted molar refractivity (Wildman–Crippen MR) is 84.2 cm³/mol. The number of halogens is 1. The highest BCUT2D eigenvalue weighted by molar-refractivity contribution is 6.32. The zero-order valence-corrected chi connectivity index (χ0v) is 13.5. The number of hydrogen-bond acceptors (Lipinski definition) is 4. The quantitative estimate of drug-likeness (QED) is 0.907. The van der Waals surface area contributed by atoms with Crippen LogP contribution in [0.25, 0.3) is 0 Å². The largest absolute Gasteiger partial charge is 0.489 e. The molecule has 0 radical (unpaired) electrons. The normalized spacial score (nSPS) is 21.8. The molecule has 0 amide bonds. The van der Waals surface area contributed by atoms with Crippen LogP contribution in [0.5, 0.6) is 5.75 Å². The maximum absolute atomic E-state index is 10.2. The van der Waals surface area contributed by atoms with Gasteiger partial charge in [-0.3, -0.25) is 4.90 Å². The molecule has 2 atom stereocenters. The van der Waals surface area contributed by atoms with Crippen LogP contribution >= 0.6 is 11.6 Å². The third-order valence-electron chi connectivity index (χ3n) is 3.79. The van der Waals surface area contributed by atoms with Gasteiger partial charge in [0.1, 0.15) is 18.5 Å². The van der Waals surface area contributed by atoms with Crippen molar-refractivity contribution in [1.29, 1.82) is 0 Å². The van der Waals surface area contributed by atoms with E-state index in [0.29, 0.717) is 23.4 Å². The molecule has 5 heteroatoms. The van der Waals surface area contributed by atoms with E-state index in [1.165, 1.54) is 0 Å². The number of aliphatic hydroxyl groups is 1. The summed E-state index contributed by atoms with van der Waals surface area (Å²) in [5.41, 5.74) is 1.09. The lowest BCUT2D eigenvalue weighted by Gasteiger charge is -2.28. The Labute approximate surface area is 131 Å². The second-order valence-electron chi connectivity index (χ2n) is 5.64. The lowest BCUT2D eigenvalue weighted by Crippen LogP contribution is -2.41. The van der Waals surface area contributed by atoms with Crippen LogP contribution in [0, 0.1) is 6.92 Å². The first-order chi connectivity index (χ1) is 10.1. The first kappa shape index (κ1) is 16.6. The van der Waals surface area contributed by atoms with Crippen molar-refractivity contribution in [1.82, 2.24) is 4.90 Å². The molecule has 1 aromatic rings. The van der Waals surface area contributed by atoms with Crippen molar-refractivity contribution in [3.8, 4) is 5.75 Å². The molecular weight excluding hydrogens is 290 g/mol. The molecule has 1 aliphatic rings. The minimum absolute atomic E-state index is 0.243. The molecule has 1 N–H and O–H groups in total. The minimum atomic E-state index is -0.540. The molecule has 4 nitrogen and oxygen atoms in total. The van der Waals surface area contributed by atoms with E-state index in [2.05, 4.69) is 11.8 Å². The monoisotopic (exact) mass is 313 g/mol. The van der Waals surface area contributed by atoms with Gasteiger partial charge in [-0.05, 0) is 38.0 Å². The summed E-state index contributed by atoms with van der Waals surface area (Å²) in [6.45, 7) is 7.35. The van der Waals surface area contributed by atoms with Gasteiger partial charge in [0.15, 0.2) is 0 Å². The van der Waals surface area contributed by atoms with Crippen molar-refractivity contribution in [2.75, 3.05) is 32.9 Å². The van der Waals surface area contributed by atoms with Gasteiger partial charge < -0.3 is 14.6 Å². The van der Waals surface area contributed by atoms with Crippen LogP contribution in [0.4, 0.5) is 0 Å². The highest BCUT2D eigenvalue weighted by atomic mass is 35.5. The van der Waals surface area contributed by atoms with Crippen LogP contribution in [-0.2, 0) is 4.74 Å². The Kier molecular flexibility index (Phi) is 6.30.